The molecule has 2 rings (SSSR count). The first-order valence-corrected chi connectivity index (χ1v) is 7.28. The summed E-state index contributed by atoms with van der Waals surface area (Å²) in [4.78, 5) is 13.8. The molecule has 0 aliphatic carbocycles. The van der Waals surface area contributed by atoms with Crippen LogP contribution in [0.4, 0.5) is 4.39 Å². The van der Waals surface area contributed by atoms with Crippen molar-refractivity contribution in [2.75, 3.05) is 26.7 Å². The number of benzene rings is 1. The first-order chi connectivity index (χ1) is 9.08. The van der Waals surface area contributed by atoms with Gasteiger partial charge in [-0.2, -0.15) is 0 Å². The molecule has 0 aromatic heterocycles. The molecule has 5 heteroatoms. The van der Waals surface area contributed by atoms with Crippen LogP contribution in [-0.2, 0) is 0 Å². The van der Waals surface area contributed by atoms with Crippen LogP contribution in [0.2, 0.25) is 0 Å². The van der Waals surface area contributed by atoms with E-state index in [1.807, 2.05) is 0 Å². The Hall–Kier alpha value is -0.940. The fraction of sp³-hybridized carbons (Fsp3) is 0.500. The lowest BCUT2D eigenvalue weighted by Gasteiger charge is -2.27. The summed E-state index contributed by atoms with van der Waals surface area (Å²) in [7, 11) is 1.73. The Morgan fingerprint density at radius 3 is 3.05 bits per heavy atom. The highest BCUT2D eigenvalue weighted by Crippen LogP contribution is 2.18. The van der Waals surface area contributed by atoms with Crippen molar-refractivity contribution < 1.29 is 9.18 Å². The normalized spacial score (nSPS) is 19.2. The third-order valence-electron chi connectivity index (χ3n) is 3.44. The first kappa shape index (κ1) is 14.5. The van der Waals surface area contributed by atoms with Gasteiger partial charge >= 0.3 is 0 Å². The van der Waals surface area contributed by atoms with Gasteiger partial charge in [0.05, 0.1) is 5.56 Å². The third-order valence-corrected chi connectivity index (χ3v) is 3.93. The third kappa shape index (κ3) is 3.76. The molecule has 0 bridgehead atoms. The number of nitrogens with zero attached hydrogens (tertiary/aromatic N) is 1. The zero-order valence-electron chi connectivity index (χ0n) is 11.0. The molecule has 1 aliphatic rings. The molecule has 1 fully saturated rings. The van der Waals surface area contributed by atoms with Crippen LogP contribution >= 0.6 is 15.9 Å². The van der Waals surface area contributed by atoms with E-state index in [1.54, 1.807) is 18.0 Å². The number of rotatable bonds is 3. The van der Waals surface area contributed by atoms with E-state index in [0.29, 0.717) is 16.9 Å². The van der Waals surface area contributed by atoms with Crippen molar-refractivity contribution in [2.24, 2.45) is 5.92 Å². The highest BCUT2D eigenvalue weighted by molar-refractivity contribution is 9.10. The molecule has 1 aliphatic heterocycles. The van der Waals surface area contributed by atoms with E-state index >= 15 is 0 Å². The second-order valence-corrected chi connectivity index (χ2v) is 5.94. The van der Waals surface area contributed by atoms with Gasteiger partial charge in [-0.05, 0) is 50.0 Å². The molecule has 1 unspecified atom stereocenters. The summed E-state index contributed by atoms with van der Waals surface area (Å²) in [6, 6.07) is 4.44. The van der Waals surface area contributed by atoms with Crippen LogP contribution in [0.1, 0.15) is 23.2 Å². The summed E-state index contributed by atoms with van der Waals surface area (Å²) >= 11 is 3.26. The molecular weight excluding hydrogens is 311 g/mol. The highest BCUT2D eigenvalue weighted by atomic mass is 79.9. The minimum atomic E-state index is -0.471. The molecule has 1 aromatic carbocycles. The van der Waals surface area contributed by atoms with E-state index in [1.165, 1.54) is 12.1 Å². The molecule has 0 radical (unpaired) electrons. The predicted molar refractivity (Wildman–Crippen MR) is 76.7 cm³/mol. The SMILES string of the molecule is CN(CC1CCCNC1)C(=O)c1cc(Br)ccc1F. The lowest BCUT2D eigenvalue weighted by atomic mass is 9.99. The highest BCUT2D eigenvalue weighted by Gasteiger charge is 2.21. The van der Waals surface area contributed by atoms with Crippen LogP contribution in [-0.4, -0.2) is 37.5 Å². The number of hydrogen-bond acceptors (Lipinski definition) is 2. The van der Waals surface area contributed by atoms with Gasteiger partial charge in [-0.1, -0.05) is 15.9 Å². The summed E-state index contributed by atoms with van der Waals surface area (Å²) in [6.45, 7) is 2.64. The fourth-order valence-electron chi connectivity index (χ4n) is 2.42. The van der Waals surface area contributed by atoms with Crippen LogP contribution in [0.25, 0.3) is 0 Å². The Morgan fingerprint density at radius 1 is 1.58 bits per heavy atom. The summed E-state index contributed by atoms with van der Waals surface area (Å²) in [5, 5.41) is 3.32. The maximum atomic E-state index is 13.7. The smallest absolute Gasteiger partial charge is 0.256 e. The molecule has 104 valence electrons. The van der Waals surface area contributed by atoms with Gasteiger partial charge in [0.2, 0.25) is 0 Å². The molecule has 1 N–H and O–H groups in total. The van der Waals surface area contributed by atoms with Gasteiger partial charge in [-0.3, -0.25) is 4.79 Å². The maximum absolute atomic E-state index is 13.7. The molecule has 0 spiro atoms. The summed E-state index contributed by atoms with van der Waals surface area (Å²) < 4.78 is 14.4. The average molecular weight is 329 g/mol. The van der Waals surface area contributed by atoms with Gasteiger partial charge in [0.25, 0.3) is 5.91 Å². The summed E-state index contributed by atoms with van der Waals surface area (Å²) in [6.07, 6.45) is 2.25. The fourth-order valence-corrected chi connectivity index (χ4v) is 2.78. The van der Waals surface area contributed by atoms with Gasteiger partial charge in [-0.15, -0.1) is 0 Å². The van der Waals surface area contributed by atoms with Crippen molar-refractivity contribution in [1.82, 2.24) is 10.2 Å². The van der Waals surface area contributed by atoms with Crippen molar-refractivity contribution in [3.8, 4) is 0 Å². The lowest BCUT2D eigenvalue weighted by molar-refractivity contribution is 0.0760. The maximum Gasteiger partial charge on any atom is 0.256 e. The summed E-state index contributed by atoms with van der Waals surface area (Å²) in [5.41, 5.74) is 0.126. The minimum absolute atomic E-state index is 0.126. The molecular formula is C14H18BrFN2O. The Kier molecular flexibility index (Phi) is 4.93. The number of piperidine rings is 1. The molecule has 0 saturated carbocycles. The molecule has 3 nitrogen and oxygen atoms in total. The van der Waals surface area contributed by atoms with E-state index in [0.717, 1.165) is 25.9 Å². The van der Waals surface area contributed by atoms with Crippen LogP contribution in [0, 0.1) is 11.7 Å². The van der Waals surface area contributed by atoms with E-state index < -0.39 is 5.82 Å². The zero-order chi connectivity index (χ0) is 13.8. The Morgan fingerprint density at radius 2 is 2.37 bits per heavy atom. The monoisotopic (exact) mass is 328 g/mol. The lowest BCUT2D eigenvalue weighted by Crippen LogP contribution is -2.39. The van der Waals surface area contributed by atoms with Gasteiger partial charge in [0.1, 0.15) is 5.82 Å². The number of carbonyl (C=O) groups excluding carboxylic acids is 1. The van der Waals surface area contributed by atoms with Gasteiger partial charge < -0.3 is 10.2 Å². The molecule has 1 saturated heterocycles. The predicted octanol–water partition coefficient (Wildman–Crippen LogP) is 2.66. The summed E-state index contributed by atoms with van der Waals surface area (Å²) in [5.74, 6) is -0.274. The van der Waals surface area contributed by atoms with Gasteiger partial charge in [-0.25, -0.2) is 4.39 Å². The van der Waals surface area contributed by atoms with Crippen molar-refractivity contribution in [1.29, 1.82) is 0 Å². The number of hydrogen-bond donors (Lipinski definition) is 1. The van der Waals surface area contributed by atoms with Crippen molar-refractivity contribution in [3.63, 3.8) is 0 Å². The van der Waals surface area contributed by atoms with Crippen LogP contribution < -0.4 is 5.32 Å². The van der Waals surface area contributed by atoms with E-state index in [4.69, 9.17) is 0 Å². The molecule has 1 aromatic rings. The van der Waals surface area contributed by atoms with Gasteiger partial charge in [0, 0.05) is 18.1 Å². The van der Waals surface area contributed by atoms with E-state index in [-0.39, 0.29) is 11.5 Å². The number of amides is 1. The van der Waals surface area contributed by atoms with Crippen LogP contribution in [0.3, 0.4) is 0 Å². The Labute approximate surface area is 121 Å². The first-order valence-electron chi connectivity index (χ1n) is 6.49. The molecule has 1 amide bonds. The minimum Gasteiger partial charge on any atom is -0.341 e. The van der Waals surface area contributed by atoms with Crippen molar-refractivity contribution in [2.45, 2.75) is 12.8 Å². The van der Waals surface area contributed by atoms with Crippen molar-refractivity contribution >= 4 is 21.8 Å². The molecule has 19 heavy (non-hydrogen) atoms. The zero-order valence-corrected chi connectivity index (χ0v) is 12.5. The largest absolute Gasteiger partial charge is 0.341 e. The Bertz CT molecular complexity index is 461. The van der Waals surface area contributed by atoms with Gasteiger partial charge in [0.15, 0.2) is 0 Å². The van der Waals surface area contributed by atoms with E-state index in [9.17, 15) is 9.18 Å². The Balaban J connectivity index is 2.03. The number of halogens is 2. The molecule has 1 heterocycles. The number of nitrogens with one attached hydrogen (secondary N) is 1. The topological polar surface area (TPSA) is 32.3 Å². The van der Waals surface area contributed by atoms with Crippen LogP contribution in [0.15, 0.2) is 22.7 Å². The second-order valence-electron chi connectivity index (χ2n) is 5.02. The average Bonchev–Trinajstić information content (AvgIpc) is 2.42. The number of carbonyl (C=O) groups is 1. The standard InChI is InChI=1S/C14H18BrFN2O/c1-18(9-10-3-2-6-17-8-10)14(19)12-7-11(15)4-5-13(12)16/h4-5,7,10,17H,2-3,6,8-9H2,1H3. The quantitative estimate of drug-likeness (QED) is 0.925. The van der Waals surface area contributed by atoms with Crippen LogP contribution in [0.5, 0.6) is 0 Å². The van der Waals surface area contributed by atoms with E-state index in [2.05, 4.69) is 21.2 Å². The van der Waals surface area contributed by atoms with Crippen molar-refractivity contribution in [3.05, 3.63) is 34.1 Å². The second kappa shape index (κ2) is 6.48. The molecule has 1 atom stereocenters.